The number of anilines is 1. The maximum absolute atomic E-state index is 12.5. The molecule has 4 rings (SSSR count). The minimum atomic E-state index is -0.783. The highest BCUT2D eigenvalue weighted by Gasteiger charge is 2.28. The van der Waals surface area contributed by atoms with E-state index < -0.39 is 30.0 Å². The van der Waals surface area contributed by atoms with Crippen molar-refractivity contribution in [1.82, 2.24) is 4.98 Å². The number of hydrogen-bond acceptors (Lipinski definition) is 7. The smallest absolute Gasteiger partial charge is 0.341 e. The van der Waals surface area contributed by atoms with Crippen LogP contribution in [0.25, 0.3) is 10.9 Å². The number of amides is 1. The molecule has 1 aliphatic carbocycles. The Morgan fingerprint density at radius 2 is 1.97 bits per heavy atom. The molecule has 3 aromatic rings. The molecule has 1 aromatic carbocycles. The Morgan fingerprint density at radius 1 is 1.17 bits per heavy atom. The summed E-state index contributed by atoms with van der Waals surface area (Å²) in [7, 11) is 1.29. The highest BCUT2D eigenvalue weighted by Crippen LogP contribution is 2.39. The van der Waals surface area contributed by atoms with E-state index >= 15 is 0 Å². The topological polar surface area (TPSA) is 115 Å². The second-order valence-corrected chi connectivity index (χ2v) is 7.88. The average molecular weight is 426 g/mol. The first kappa shape index (κ1) is 19.8. The summed E-state index contributed by atoms with van der Waals surface area (Å²) in [6, 6.07) is 7.96. The molecule has 30 heavy (non-hydrogen) atoms. The summed E-state index contributed by atoms with van der Waals surface area (Å²) in [5.74, 6) is -1.87. The number of methoxy groups -OCH3 is 1. The van der Waals surface area contributed by atoms with Gasteiger partial charge in [0, 0.05) is 21.8 Å². The van der Waals surface area contributed by atoms with Gasteiger partial charge < -0.3 is 19.8 Å². The summed E-state index contributed by atoms with van der Waals surface area (Å²) in [6.45, 7) is -0.552. The predicted octanol–water partition coefficient (Wildman–Crippen LogP) is 2.66. The Kier molecular flexibility index (Phi) is 5.37. The molecular weight excluding hydrogens is 408 g/mol. The lowest BCUT2D eigenvalue weighted by molar-refractivity contribution is -0.119. The van der Waals surface area contributed by atoms with Crippen molar-refractivity contribution in [3.63, 3.8) is 0 Å². The maximum atomic E-state index is 12.5. The van der Waals surface area contributed by atoms with Gasteiger partial charge in [-0.3, -0.25) is 9.59 Å². The molecule has 0 atom stereocenters. The third kappa shape index (κ3) is 3.71. The van der Waals surface area contributed by atoms with Crippen molar-refractivity contribution in [3.8, 4) is 0 Å². The average Bonchev–Trinajstić information content (AvgIpc) is 3.31. The third-order valence-corrected chi connectivity index (χ3v) is 6.08. The quantitative estimate of drug-likeness (QED) is 0.606. The van der Waals surface area contributed by atoms with Gasteiger partial charge in [0.2, 0.25) is 5.56 Å². The number of thiophene rings is 1. The predicted molar refractivity (Wildman–Crippen MR) is 111 cm³/mol. The van der Waals surface area contributed by atoms with E-state index in [0.717, 1.165) is 35.8 Å². The second-order valence-electron chi connectivity index (χ2n) is 6.77. The van der Waals surface area contributed by atoms with Crippen LogP contribution in [-0.2, 0) is 27.1 Å². The van der Waals surface area contributed by atoms with Gasteiger partial charge in [0.05, 0.1) is 18.2 Å². The minimum Gasteiger partial charge on any atom is -0.465 e. The number of aromatic nitrogens is 1. The molecule has 0 spiro atoms. The van der Waals surface area contributed by atoms with Crippen LogP contribution in [0.2, 0.25) is 0 Å². The number of H-pyrrole nitrogens is 1. The molecule has 1 aliphatic rings. The van der Waals surface area contributed by atoms with Gasteiger partial charge in [0.25, 0.3) is 5.91 Å². The number of fused-ring (bicyclic) bond motifs is 2. The number of rotatable bonds is 5. The fraction of sp³-hybridized carbons (Fsp3) is 0.238. The standard InChI is InChI=1S/C21H18N2O6S/c1-28-21(27)18-12-6-4-8-15(12)30-19(18)23-17(25)10-29-20(26)13-9-16(24)22-14-7-3-2-5-11(13)14/h2-3,5,7,9H,4,6,8,10H2,1H3,(H,22,24)(H,23,25). The van der Waals surface area contributed by atoms with E-state index in [4.69, 9.17) is 9.47 Å². The normalized spacial score (nSPS) is 12.4. The first-order valence-corrected chi connectivity index (χ1v) is 10.1. The van der Waals surface area contributed by atoms with Crippen LogP contribution in [0.1, 0.15) is 37.6 Å². The number of benzene rings is 1. The fourth-order valence-corrected chi connectivity index (χ4v) is 4.85. The number of esters is 2. The van der Waals surface area contributed by atoms with Crippen molar-refractivity contribution in [3.05, 3.63) is 62.3 Å². The molecule has 8 nitrogen and oxygen atoms in total. The van der Waals surface area contributed by atoms with Crippen LogP contribution in [0.15, 0.2) is 35.1 Å². The largest absolute Gasteiger partial charge is 0.465 e. The summed E-state index contributed by atoms with van der Waals surface area (Å²) in [5, 5.41) is 3.56. The Labute approximate surface area is 174 Å². The maximum Gasteiger partial charge on any atom is 0.341 e. The Hall–Kier alpha value is -3.46. The highest BCUT2D eigenvalue weighted by atomic mass is 32.1. The van der Waals surface area contributed by atoms with Crippen molar-refractivity contribution in [2.45, 2.75) is 19.3 Å². The van der Waals surface area contributed by atoms with E-state index in [-0.39, 0.29) is 5.56 Å². The number of pyridine rings is 1. The number of aromatic amines is 1. The van der Waals surface area contributed by atoms with Gasteiger partial charge in [0.1, 0.15) is 5.00 Å². The Bertz CT molecular complexity index is 1230. The van der Waals surface area contributed by atoms with E-state index in [2.05, 4.69) is 10.3 Å². The number of nitrogens with one attached hydrogen (secondary N) is 2. The van der Waals surface area contributed by atoms with Gasteiger partial charge in [0.15, 0.2) is 6.61 Å². The van der Waals surface area contributed by atoms with Crippen molar-refractivity contribution < 1.29 is 23.9 Å². The Balaban J connectivity index is 1.48. The molecule has 2 aromatic heterocycles. The summed E-state index contributed by atoms with van der Waals surface area (Å²) in [5.41, 5.74) is 1.41. The monoisotopic (exact) mass is 426 g/mol. The molecule has 0 bridgehead atoms. The van der Waals surface area contributed by atoms with Gasteiger partial charge in [-0.05, 0) is 30.9 Å². The third-order valence-electron chi connectivity index (χ3n) is 4.87. The van der Waals surface area contributed by atoms with Gasteiger partial charge in [-0.15, -0.1) is 11.3 Å². The molecule has 154 valence electrons. The highest BCUT2D eigenvalue weighted by molar-refractivity contribution is 7.17. The summed E-state index contributed by atoms with van der Waals surface area (Å²) in [4.78, 5) is 52.5. The molecule has 9 heteroatoms. The number of carbonyl (C=O) groups is 3. The SMILES string of the molecule is COC(=O)c1c(NC(=O)COC(=O)c2cc(=O)[nH]c3ccccc23)sc2c1CCC2. The zero-order chi connectivity index (χ0) is 21.3. The van der Waals surface area contributed by atoms with Crippen LogP contribution < -0.4 is 10.9 Å². The van der Waals surface area contributed by atoms with Crippen molar-refractivity contribution >= 4 is 45.1 Å². The van der Waals surface area contributed by atoms with E-state index in [1.165, 1.54) is 18.4 Å². The summed E-state index contributed by atoms with van der Waals surface area (Å²) in [6.07, 6.45) is 2.57. The molecule has 0 radical (unpaired) electrons. The molecule has 0 aliphatic heterocycles. The molecule has 1 amide bonds. The lowest BCUT2D eigenvalue weighted by Gasteiger charge is -2.09. The van der Waals surface area contributed by atoms with Crippen LogP contribution in [0, 0.1) is 0 Å². The van der Waals surface area contributed by atoms with E-state index in [0.29, 0.717) is 21.5 Å². The van der Waals surface area contributed by atoms with Crippen molar-refractivity contribution in [2.75, 3.05) is 19.0 Å². The van der Waals surface area contributed by atoms with Crippen LogP contribution in [0.4, 0.5) is 5.00 Å². The minimum absolute atomic E-state index is 0.0764. The van der Waals surface area contributed by atoms with Gasteiger partial charge >= 0.3 is 11.9 Å². The number of para-hydroxylation sites is 1. The lowest BCUT2D eigenvalue weighted by atomic mass is 10.1. The summed E-state index contributed by atoms with van der Waals surface area (Å²) >= 11 is 1.34. The van der Waals surface area contributed by atoms with Crippen LogP contribution in [0.5, 0.6) is 0 Å². The first-order chi connectivity index (χ1) is 14.5. The Morgan fingerprint density at radius 3 is 2.77 bits per heavy atom. The second kappa shape index (κ2) is 8.11. The number of aryl methyl sites for hydroxylation is 1. The van der Waals surface area contributed by atoms with E-state index in [9.17, 15) is 19.2 Å². The van der Waals surface area contributed by atoms with E-state index in [1.54, 1.807) is 24.3 Å². The molecule has 0 fully saturated rings. The molecule has 2 N–H and O–H groups in total. The van der Waals surface area contributed by atoms with Crippen molar-refractivity contribution in [2.24, 2.45) is 0 Å². The van der Waals surface area contributed by atoms with Crippen LogP contribution in [-0.4, -0.2) is 36.5 Å². The van der Waals surface area contributed by atoms with Gasteiger partial charge in [-0.1, -0.05) is 18.2 Å². The number of hydrogen-bond donors (Lipinski definition) is 2. The van der Waals surface area contributed by atoms with Gasteiger partial charge in [-0.25, -0.2) is 9.59 Å². The van der Waals surface area contributed by atoms with Crippen LogP contribution in [0.3, 0.4) is 0 Å². The summed E-state index contributed by atoms with van der Waals surface area (Å²) < 4.78 is 9.96. The number of ether oxygens (including phenoxy) is 2. The van der Waals surface area contributed by atoms with E-state index in [1.807, 2.05) is 0 Å². The van der Waals surface area contributed by atoms with Crippen LogP contribution >= 0.6 is 11.3 Å². The van der Waals surface area contributed by atoms with Gasteiger partial charge in [-0.2, -0.15) is 0 Å². The van der Waals surface area contributed by atoms with Crippen molar-refractivity contribution in [1.29, 1.82) is 0 Å². The molecule has 0 unspecified atom stereocenters. The fourth-order valence-electron chi connectivity index (χ4n) is 3.56. The first-order valence-electron chi connectivity index (χ1n) is 9.30. The molecule has 0 saturated carbocycles. The lowest BCUT2D eigenvalue weighted by Crippen LogP contribution is -2.22. The zero-order valence-electron chi connectivity index (χ0n) is 16.1. The molecule has 2 heterocycles. The number of carbonyl (C=O) groups excluding carboxylic acids is 3. The molecular formula is C21H18N2O6S. The molecule has 0 saturated heterocycles. The zero-order valence-corrected chi connectivity index (χ0v) is 16.9.